The lowest BCUT2D eigenvalue weighted by Crippen LogP contribution is -2.23. The highest BCUT2D eigenvalue weighted by Crippen LogP contribution is 2.24. The molecule has 0 radical (unpaired) electrons. The largest absolute Gasteiger partial charge is 0.359 e. The summed E-state index contributed by atoms with van der Waals surface area (Å²) in [6, 6.07) is 3.46. The highest BCUT2D eigenvalue weighted by atomic mass is 19.1. The van der Waals surface area contributed by atoms with E-state index in [4.69, 9.17) is 0 Å². The number of nitrogens with zero attached hydrogens (tertiary/aromatic N) is 2. The maximum atomic E-state index is 13.6. The number of benzene rings is 1. The summed E-state index contributed by atoms with van der Waals surface area (Å²) in [7, 11) is 1.80. The summed E-state index contributed by atoms with van der Waals surface area (Å²) in [5.41, 5.74) is 0.465. The van der Waals surface area contributed by atoms with Gasteiger partial charge in [0.25, 0.3) is 0 Å². The van der Waals surface area contributed by atoms with Gasteiger partial charge >= 0.3 is 0 Å². The smallest absolute Gasteiger partial charge is 0.131 e. The molecule has 0 aliphatic carbocycles. The average molecular weight is 238 g/mol. The summed E-state index contributed by atoms with van der Waals surface area (Å²) in [6.45, 7) is 5.41. The summed E-state index contributed by atoms with van der Waals surface area (Å²) < 4.78 is 26.5. The van der Waals surface area contributed by atoms with Gasteiger partial charge in [-0.15, -0.1) is 0 Å². The Hall–Kier alpha value is -1.71. The lowest BCUT2D eigenvalue weighted by Gasteiger charge is -2.25. The Bertz CT molecular complexity index is 416. The van der Waals surface area contributed by atoms with Gasteiger partial charge in [-0.05, 0) is 12.5 Å². The molecule has 0 saturated carbocycles. The summed E-state index contributed by atoms with van der Waals surface area (Å²) in [5, 5.41) is 0. The summed E-state index contributed by atoms with van der Waals surface area (Å²) in [5.74, 6) is -1.10. The Labute approximate surface area is 100 Å². The molecule has 0 amide bonds. The van der Waals surface area contributed by atoms with Gasteiger partial charge in [0.2, 0.25) is 0 Å². The van der Waals surface area contributed by atoms with E-state index < -0.39 is 11.6 Å². The first-order chi connectivity index (χ1) is 8.10. The molecule has 0 heterocycles. The number of hydrogen-bond acceptors (Lipinski definition) is 1. The molecule has 4 heteroatoms. The predicted octanol–water partition coefficient (Wildman–Crippen LogP) is 3.52. The molecule has 1 atom stereocenters. The van der Waals surface area contributed by atoms with Crippen LogP contribution in [0.5, 0.6) is 0 Å². The van der Waals surface area contributed by atoms with Crippen molar-refractivity contribution in [3.63, 3.8) is 0 Å². The van der Waals surface area contributed by atoms with Crippen LogP contribution >= 0.6 is 0 Å². The van der Waals surface area contributed by atoms with Crippen molar-refractivity contribution in [1.82, 2.24) is 4.90 Å². The van der Waals surface area contributed by atoms with Crippen LogP contribution < -0.4 is 0 Å². The third-order valence-electron chi connectivity index (χ3n) is 2.55. The minimum atomic E-state index is -0.566. The van der Waals surface area contributed by atoms with Gasteiger partial charge in [-0.25, -0.2) is 13.8 Å². The van der Waals surface area contributed by atoms with E-state index in [0.717, 1.165) is 6.07 Å². The fraction of sp³-hybridized carbons (Fsp3) is 0.308. The van der Waals surface area contributed by atoms with Crippen LogP contribution in [0.4, 0.5) is 8.78 Å². The molecule has 1 aromatic carbocycles. The fourth-order valence-electron chi connectivity index (χ4n) is 1.73. The molecule has 17 heavy (non-hydrogen) atoms. The van der Waals surface area contributed by atoms with E-state index in [0.29, 0.717) is 12.0 Å². The normalized spacial score (nSPS) is 12.7. The number of aliphatic imine (C=N–C) groups is 1. The second-order valence-electron chi connectivity index (χ2n) is 3.70. The third-order valence-corrected chi connectivity index (χ3v) is 2.55. The zero-order valence-corrected chi connectivity index (χ0v) is 10.0. The van der Waals surface area contributed by atoms with Crippen LogP contribution in [0.25, 0.3) is 0 Å². The van der Waals surface area contributed by atoms with Gasteiger partial charge in [0.05, 0.1) is 12.4 Å². The first kappa shape index (κ1) is 13.4. The van der Waals surface area contributed by atoms with Crippen molar-refractivity contribution >= 4 is 6.34 Å². The third kappa shape index (κ3) is 3.37. The van der Waals surface area contributed by atoms with Crippen LogP contribution in [0.1, 0.15) is 24.9 Å². The maximum Gasteiger partial charge on any atom is 0.131 e. The quantitative estimate of drug-likeness (QED) is 0.566. The lowest BCUT2D eigenvalue weighted by molar-refractivity contribution is 0.361. The van der Waals surface area contributed by atoms with Crippen molar-refractivity contribution in [3.05, 3.63) is 48.2 Å². The molecule has 1 unspecified atom stereocenters. The first-order valence-electron chi connectivity index (χ1n) is 5.41. The topological polar surface area (TPSA) is 15.6 Å². The van der Waals surface area contributed by atoms with Gasteiger partial charge < -0.3 is 4.90 Å². The van der Waals surface area contributed by atoms with Gasteiger partial charge in [-0.1, -0.05) is 19.6 Å². The van der Waals surface area contributed by atoms with Gasteiger partial charge in [-0.3, -0.25) is 0 Å². The van der Waals surface area contributed by atoms with Crippen molar-refractivity contribution in [2.45, 2.75) is 19.4 Å². The van der Waals surface area contributed by atoms with E-state index in [-0.39, 0.29) is 6.04 Å². The maximum absolute atomic E-state index is 13.6. The number of rotatable bonds is 5. The molecule has 0 N–H and O–H groups in total. The standard InChI is InChI=1S/C13H16F2N2/c1-4-13(17(3)9-16-5-2)11-7-6-10(14)8-12(11)15/h5-9,13H,2,4H2,1,3H3. The molecular weight excluding hydrogens is 222 g/mol. The van der Waals surface area contributed by atoms with Crippen molar-refractivity contribution in [1.29, 1.82) is 0 Å². The Kier molecular flexibility index (Phi) is 4.82. The zero-order chi connectivity index (χ0) is 12.8. The molecule has 1 rings (SSSR count). The van der Waals surface area contributed by atoms with Gasteiger partial charge in [0, 0.05) is 24.9 Å². The molecule has 92 valence electrons. The van der Waals surface area contributed by atoms with Crippen LogP contribution in [0.15, 0.2) is 36.0 Å². The van der Waals surface area contributed by atoms with Crippen LogP contribution in [-0.2, 0) is 0 Å². The highest BCUT2D eigenvalue weighted by Gasteiger charge is 2.17. The Morgan fingerprint density at radius 3 is 2.71 bits per heavy atom. The van der Waals surface area contributed by atoms with E-state index in [1.807, 2.05) is 6.92 Å². The highest BCUT2D eigenvalue weighted by molar-refractivity contribution is 5.56. The Morgan fingerprint density at radius 2 is 2.18 bits per heavy atom. The second kappa shape index (κ2) is 6.13. The molecule has 0 aliphatic heterocycles. The molecule has 0 spiro atoms. The summed E-state index contributed by atoms with van der Waals surface area (Å²) in [4.78, 5) is 5.66. The molecule has 2 nitrogen and oxygen atoms in total. The molecular formula is C13H16F2N2. The van der Waals surface area contributed by atoms with Crippen molar-refractivity contribution in [2.75, 3.05) is 7.05 Å². The minimum absolute atomic E-state index is 0.167. The van der Waals surface area contributed by atoms with Crippen LogP contribution in [0.2, 0.25) is 0 Å². The van der Waals surface area contributed by atoms with E-state index in [1.165, 1.54) is 18.3 Å². The first-order valence-corrected chi connectivity index (χ1v) is 5.41. The van der Waals surface area contributed by atoms with Crippen molar-refractivity contribution in [2.24, 2.45) is 4.99 Å². The monoisotopic (exact) mass is 238 g/mol. The molecule has 0 bridgehead atoms. The van der Waals surface area contributed by atoms with Gasteiger partial charge in [0.15, 0.2) is 0 Å². The van der Waals surface area contributed by atoms with E-state index in [1.54, 1.807) is 18.3 Å². The van der Waals surface area contributed by atoms with E-state index in [9.17, 15) is 8.78 Å². The molecule has 0 aliphatic rings. The number of hydrogen-bond donors (Lipinski definition) is 0. The number of halogens is 2. The van der Waals surface area contributed by atoms with Crippen LogP contribution in [0.3, 0.4) is 0 Å². The lowest BCUT2D eigenvalue weighted by atomic mass is 10.0. The fourth-order valence-corrected chi connectivity index (χ4v) is 1.73. The molecule has 0 aromatic heterocycles. The Morgan fingerprint density at radius 1 is 1.47 bits per heavy atom. The minimum Gasteiger partial charge on any atom is -0.359 e. The molecule has 0 fully saturated rings. The second-order valence-corrected chi connectivity index (χ2v) is 3.70. The van der Waals surface area contributed by atoms with Crippen LogP contribution in [-0.4, -0.2) is 18.3 Å². The zero-order valence-electron chi connectivity index (χ0n) is 10.0. The summed E-state index contributed by atoms with van der Waals surface area (Å²) >= 11 is 0. The van der Waals surface area contributed by atoms with Gasteiger partial charge in [0.1, 0.15) is 11.6 Å². The van der Waals surface area contributed by atoms with Crippen molar-refractivity contribution < 1.29 is 8.78 Å². The van der Waals surface area contributed by atoms with Crippen molar-refractivity contribution in [3.8, 4) is 0 Å². The Balaban J connectivity index is 3.00. The average Bonchev–Trinajstić information content (AvgIpc) is 2.30. The van der Waals surface area contributed by atoms with E-state index in [2.05, 4.69) is 11.6 Å². The van der Waals surface area contributed by atoms with E-state index >= 15 is 0 Å². The van der Waals surface area contributed by atoms with Gasteiger partial charge in [-0.2, -0.15) is 0 Å². The summed E-state index contributed by atoms with van der Waals surface area (Å²) in [6.07, 6.45) is 3.68. The molecule has 0 saturated heterocycles. The predicted molar refractivity (Wildman–Crippen MR) is 65.8 cm³/mol. The SMILES string of the molecule is C=CN=CN(C)C(CC)c1ccc(F)cc1F. The van der Waals surface area contributed by atoms with Crippen LogP contribution in [0, 0.1) is 11.6 Å². The molecule has 1 aromatic rings.